The Morgan fingerprint density at radius 1 is 1.28 bits per heavy atom. The molecular weight excluding hydrogens is 392 g/mol. The molecule has 1 heterocycles. The van der Waals surface area contributed by atoms with Crippen molar-refractivity contribution >= 4 is 34.1 Å². The number of hydrogen-bond acceptors (Lipinski definition) is 7. The minimum absolute atomic E-state index is 0.0161. The van der Waals surface area contributed by atoms with Crippen LogP contribution in [-0.2, 0) is 4.79 Å². The highest BCUT2D eigenvalue weighted by Gasteiger charge is 2.14. The summed E-state index contributed by atoms with van der Waals surface area (Å²) in [6.07, 6.45) is 1.44. The van der Waals surface area contributed by atoms with Crippen LogP contribution in [0.4, 0.5) is 10.8 Å². The average molecular weight is 406 g/mol. The second kappa shape index (κ2) is 8.77. The number of rotatable bonds is 6. The van der Waals surface area contributed by atoms with Crippen LogP contribution in [0.1, 0.15) is 5.56 Å². The molecule has 0 radical (unpaired) electrons. The third-order valence-electron chi connectivity index (χ3n) is 3.90. The third kappa shape index (κ3) is 4.63. The lowest BCUT2D eigenvalue weighted by atomic mass is 10.1. The van der Waals surface area contributed by atoms with Crippen LogP contribution >= 0.6 is 11.3 Å². The molecule has 0 atom stereocenters. The number of ether oxygens (including phenoxy) is 1. The summed E-state index contributed by atoms with van der Waals surface area (Å²) >= 11 is 1.19. The molecule has 0 aliphatic rings. The van der Waals surface area contributed by atoms with Gasteiger partial charge in [0.05, 0.1) is 17.7 Å². The Kier molecular flexibility index (Phi) is 5.97. The quantitative estimate of drug-likeness (QED) is 0.283. The highest BCUT2D eigenvalue weighted by atomic mass is 32.1. The predicted octanol–water partition coefficient (Wildman–Crippen LogP) is 4.27. The van der Waals surface area contributed by atoms with Crippen LogP contribution < -0.4 is 10.1 Å². The van der Waals surface area contributed by atoms with Crippen molar-refractivity contribution in [2.45, 2.75) is 0 Å². The van der Waals surface area contributed by atoms with Crippen molar-refractivity contribution in [3.63, 3.8) is 0 Å². The number of carbonyl (C=O) groups is 1. The molecule has 0 spiro atoms. The van der Waals surface area contributed by atoms with Gasteiger partial charge in [0.1, 0.15) is 17.4 Å². The zero-order chi connectivity index (χ0) is 20.8. The summed E-state index contributed by atoms with van der Waals surface area (Å²) in [5, 5.41) is 24.7. The largest absolute Gasteiger partial charge is 0.496 e. The number of nitriles is 1. The van der Waals surface area contributed by atoms with Gasteiger partial charge in [-0.3, -0.25) is 20.2 Å². The summed E-state index contributed by atoms with van der Waals surface area (Å²) in [5.74, 6) is -0.0502. The van der Waals surface area contributed by atoms with Gasteiger partial charge in [-0.05, 0) is 24.3 Å². The molecule has 0 bridgehead atoms. The molecule has 2 aromatic carbocycles. The van der Waals surface area contributed by atoms with Crippen molar-refractivity contribution in [1.29, 1.82) is 5.26 Å². The molecule has 0 saturated heterocycles. The highest BCUT2D eigenvalue weighted by Crippen LogP contribution is 2.27. The van der Waals surface area contributed by atoms with Crippen LogP contribution in [0.25, 0.3) is 17.3 Å². The number of hydrogen-bond donors (Lipinski definition) is 1. The summed E-state index contributed by atoms with van der Waals surface area (Å²) in [7, 11) is 1.51. The van der Waals surface area contributed by atoms with Gasteiger partial charge in [0.2, 0.25) is 0 Å². The lowest BCUT2D eigenvalue weighted by Gasteiger charge is -2.05. The van der Waals surface area contributed by atoms with E-state index in [1.807, 2.05) is 6.07 Å². The highest BCUT2D eigenvalue weighted by molar-refractivity contribution is 7.14. The number of methoxy groups -OCH3 is 1. The van der Waals surface area contributed by atoms with Crippen molar-refractivity contribution in [1.82, 2.24) is 4.98 Å². The summed E-state index contributed by atoms with van der Waals surface area (Å²) in [4.78, 5) is 27.0. The van der Waals surface area contributed by atoms with Crippen LogP contribution in [0.3, 0.4) is 0 Å². The third-order valence-corrected chi connectivity index (χ3v) is 4.66. The van der Waals surface area contributed by atoms with Gasteiger partial charge in [0.25, 0.3) is 11.6 Å². The summed E-state index contributed by atoms with van der Waals surface area (Å²) in [6.45, 7) is 0. The van der Waals surface area contributed by atoms with E-state index in [1.54, 1.807) is 41.8 Å². The minimum Gasteiger partial charge on any atom is -0.496 e. The summed E-state index contributed by atoms with van der Waals surface area (Å²) < 4.78 is 5.23. The van der Waals surface area contributed by atoms with Crippen molar-refractivity contribution < 1.29 is 14.5 Å². The normalized spacial score (nSPS) is 10.8. The Balaban J connectivity index is 1.77. The van der Waals surface area contributed by atoms with E-state index in [-0.39, 0.29) is 11.3 Å². The number of amides is 1. The average Bonchev–Trinajstić information content (AvgIpc) is 3.20. The van der Waals surface area contributed by atoms with E-state index >= 15 is 0 Å². The number of benzene rings is 2. The van der Waals surface area contributed by atoms with Gasteiger partial charge in [-0.25, -0.2) is 4.98 Å². The second-order valence-corrected chi connectivity index (χ2v) is 6.57. The number of nitrogens with one attached hydrogen (secondary N) is 1. The lowest BCUT2D eigenvalue weighted by molar-refractivity contribution is -0.384. The van der Waals surface area contributed by atoms with Crippen LogP contribution in [0, 0.1) is 21.4 Å². The molecular formula is C20H14N4O4S. The Hall–Kier alpha value is -4.03. The molecule has 0 fully saturated rings. The van der Waals surface area contributed by atoms with Gasteiger partial charge in [-0.15, -0.1) is 11.3 Å². The van der Waals surface area contributed by atoms with E-state index < -0.39 is 10.8 Å². The van der Waals surface area contributed by atoms with Crippen molar-refractivity contribution in [3.05, 3.63) is 75.2 Å². The first-order valence-electron chi connectivity index (χ1n) is 8.28. The first-order valence-corrected chi connectivity index (χ1v) is 9.16. The Labute approximate surface area is 169 Å². The fourth-order valence-electron chi connectivity index (χ4n) is 2.47. The van der Waals surface area contributed by atoms with E-state index in [0.29, 0.717) is 27.7 Å². The molecule has 0 saturated carbocycles. The molecule has 29 heavy (non-hydrogen) atoms. The summed E-state index contributed by atoms with van der Waals surface area (Å²) in [5.41, 5.74) is 1.73. The number of nitrogens with zero attached hydrogens (tertiary/aromatic N) is 3. The number of aromatic nitrogens is 1. The van der Waals surface area contributed by atoms with E-state index in [2.05, 4.69) is 10.3 Å². The molecule has 9 heteroatoms. The van der Waals surface area contributed by atoms with E-state index in [9.17, 15) is 20.2 Å². The molecule has 1 aromatic heterocycles. The van der Waals surface area contributed by atoms with Crippen molar-refractivity contribution in [3.8, 4) is 23.1 Å². The molecule has 0 aliphatic carbocycles. The molecule has 3 rings (SSSR count). The van der Waals surface area contributed by atoms with E-state index in [4.69, 9.17) is 4.74 Å². The fourth-order valence-corrected chi connectivity index (χ4v) is 3.19. The maximum absolute atomic E-state index is 12.5. The topological polar surface area (TPSA) is 118 Å². The number of non-ortho nitro benzene ring substituents is 1. The lowest BCUT2D eigenvalue weighted by Crippen LogP contribution is -2.13. The molecule has 1 N–H and O–H groups in total. The van der Waals surface area contributed by atoms with Crippen molar-refractivity contribution in [2.75, 3.05) is 12.4 Å². The van der Waals surface area contributed by atoms with Crippen LogP contribution in [0.15, 0.2) is 59.5 Å². The molecule has 0 aliphatic heterocycles. The smallest absolute Gasteiger partial charge is 0.269 e. The van der Waals surface area contributed by atoms with Gasteiger partial charge in [0.15, 0.2) is 5.13 Å². The number of carbonyl (C=O) groups excluding carboxylic acids is 1. The minimum atomic E-state index is -0.594. The Morgan fingerprint density at radius 3 is 2.66 bits per heavy atom. The monoisotopic (exact) mass is 406 g/mol. The van der Waals surface area contributed by atoms with Gasteiger partial charge in [-0.2, -0.15) is 5.26 Å². The van der Waals surface area contributed by atoms with Crippen LogP contribution in [0.2, 0.25) is 0 Å². The van der Waals surface area contributed by atoms with Crippen LogP contribution in [-0.4, -0.2) is 22.9 Å². The van der Waals surface area contributed by atoms with Gasteiger partial charge in [-0.1, -0.05) is 18.2 Å². The predicted molar refractivity (Wildman–Crippen MR) is 109 cm³/mol. The Bertz CT molecular complexity index is 1130. The van der Waals surface area contributed by atoms with Gasteiger partial charge >= 0.3 is 0 Å². The molecule has 3 aromatic rings. The maximum atomic E-state index is 12.5. The van der Waals surface area contributed by atoms with E-state index in [0.717, 1.165) is 0 Å². The van der Waals surface area contributed by atoms with Gasteiger partial charge in [0, 0.05) is 28.6 Å². The number of nitro groups is 1. The first-order chi connectivity index (χ1) is 14.0. The maximum Gasteiger partial charge on any atom is 0.269 e. The zero-order valence-electron chi connectivity index (χ0n) is 15.2. The molecule has 144 valence electrons. The fraction of sp³-hybridized carbons (Fsp3) is 0.0500. The molecule has 8 nitrogen and oxygen atoms in total. The Morgan fingerprint density at radius 2 is 2.00 bits per heavy atom. The zero-order valence-corrected chi connectivity index (χ0v) is 16.0. The van der Waals surface area contributed by atoms with Crippen molar-refractivity contribution in [2.24, 2.45) is 0 Å². The van der Waals surface area contributed by atoms with Crippen LogP contribution in [0.5, 0.6) is 5.75 Å². The molecule has 0 unspecified atom stereocenters. The number of para-hydroxylation sites is 1. The number of thiazole rings is 1. The SMILES string of the molecule is COc1ccccc1/C=C(\C#N)C(=O)Nc1nc(-c2ccc([N+](=O)[O-])cc2)cs1. The van der Waals surface area contributed by atoms with E-state index in [1.165, 1.54) is 36.7 Å². The van der Waals surface area contributed by atoms with Gasteiger partial charge < -0.3 is 4.74 Å². The molecule has 1 amide bonds. The first kappa shape index (κ1) is 19.7. The standard InChI is InChI=1S/C20H14N4O4S/c1-28-18-5-3-2-4-14(18)10-15(11-21)19(25)23-20-22-17(12-29-20)13-6-8-16(9-7-13)24(26)27/h2-10,12H,1H3,(H,22,23,25)/b15-10+. The number of anilines is 1. The summed E-state index contributed by atoms with van der Waals surface area (Å²) in [6, 6.07) is 14.9. The number of nitro benzene ring substituents is 1. The second-order valence-electron chi connectivity index (χ2n) is 5.71.